The summed E-state index contributed by atoms with van der Waals surface area (Å²) in [5, 5.41) is 9.81. The van der Waals surface area contributed by atoms with Gasteiger partial charge in [0.25, 0.3) is 0 Å². The van der Waals surface area contributed by atoms with Crippen molar-refractivity contribution >= 4 is 11.9 Å². The number of carboxylic acids is 1. The normalized spacial score (nSPS) is 16.2. The van der Waals surface area contributed by atoms with Crippen molar-refractivity contribution in [1.82, 2.24) is 9.80 Å². The molecule has 0 radical (unpaired) electrons. The monoisotopic (exact) mass is 382 g/mol. The Morgan fingerprint density at radius 1 is 1.00 bits per heavy atom. The maximum atomic E-state index is 12.0. The summed E-state index contributed by atoms with van der Waals surface area (Å²) in [5.41, 5.74) is 1.80. The van der Waals surface area contributed by atoms with Crippen LogP contribution in [0.3, 0.4) is 0 Å². The fourth-order valence-corrected chi connectivity index (χ4v) is 3.51. The van der Waals surface area contributed by atoms with E-state index in [0.717, 1.165) is 17.5 Å². The van der Waals surface area contributed by atoms with Crippen LogP contribution in [0.15, 0.2) is 54.6 Å². The molecule has 0 aromatic heterocycles. The van der Waals surface area contributed by atoms with E-state index in [2.05, 4.69) is 0 Å². The standard InChI is InChI=1S/C22H26N2O4/c1-17(25)23-12-5-13-24(15-14-23)21(22(26)27)19-8-10-20(11-9-19)28-16-18-6-3-2-4-7-18/h2-4,6-11,21H,5,12-16H2,1H3,(H,26,27)/t21-/m0/s1. The van der Waals surface area contributed by atoms with Gasteiger partial charge in [-0.1, -0.05) is 42.5 Å². The molecule has 1 N–H and O–H groups in total. The lowest BCUT2D eigenvalue weighted by Crippen LogP contribution is -2.38. The minimum absolute atomic E-state index is 0.0358. The molecule has 1 heterocycles. The van der Waals surface area contributed by atoms with E-state index in [1.807, 2.05) is 59.5 Å². The van der Waals surface area contributed by atoms with Gasteiger partial charge in [0.1, 0.15) is 18.4 Å². The molecule has 1 saturated heterocycles. The van der Waals surface area contributed by atoms with E-state index in [-0.39, 0.29) is 5.91 Å². The maximum absolute atomic E-state index is 12.0. The van der Waals surface area contributed by atoms with E-state index in [0.29, 0.717) is 38.5 Å². The number of carboxylic acid groups (broad SMARTS) is 1. The zero-order valence-electron chi connectivity index (χ0n) is 16.1. The molecule has 0 aliphatic carbocycles. The van der Waals surface area contributed by atoms with Gasteiger partial charge >= 0.3 is 5.97 Å². The lowest BCUT2D eigenvalue weighted by molar-refractivity contribution is -0.143. The molecule has 6 nitrogen and oxygen atoms in total. The molecule has 28 heavy (non-hydrogen) atoms. The number of hydrogen-bond donors (Lipinski definition) is 1. The Hall–Kier alpha value is -2.86. The van der Waals surface area contributed by atoms with Gasteiger partial charge in [-0.3, -0.25) is 14.5 Å². The molecular formula is C22H26N2O4. The molecule has 1 atom stereocenters. The Kier molecular flexibility index (Phi) is 6.66. The number of carbonyl (C=O) groups excluding carboxylic acids is 1. The Balaban J connectivity index is 1.67. The highest BCUT2D eigenvalue weighted by molar-refractivity contribution is 5.76. The van der Waals surface area contributed by atoms with Crippen molar-refractivity contribution in [3.05, 3.63) is 65.7 Å². The molecule has 1 aliphatic rings. The average Bonchev–Trinajstić information content (AvgIpc) is 2.94. The highest BCUT2D eigenvalue weighted by Crippen LogP contribution is 2.25. The summed E-state index contributed by atoms with van der Waals surface area (Å²) in [6.45, 7) is 4.44. The third-order valence-electron chi connectivity index (χ3n) is 5.02. The van der Waals surface area contributed by atoms with Gasteiger partial charge in [0.05, 0.1) is 0 Å². The molecule has 0 spiro atoms. The van der Waals surface area contributed by atoms with E-state index >= 15 is 0 Å². The van der Waals surface area contributed by atoms with Crippen LogP contribution < -0.4 is 4.74 Å². The van der Waals surface area contributed by atoms with Crippen LogP contribution in [0.1, 0.15) is 30.5 Å². The maximum Gasteiger partial charge on any atom is 0.325 e. The van der Waals surface area contributed by atoms with Crippen molar-refractivity contribution in [2.24, 2.45) is 0 Å². The Morgan fingerprint density at radius 2 is 1.71 bits per heavy atom. The number of aliphatic carboxylic acids is 1. The molecular weight excluding hydrogens is 356 g/mol. The highest BCUT2D eigenvalue weighted by Gasteiger charge is 2.29. The number of carbonyl (C=O) groups is 2. The van der Waals surface area contributed by atoms with E-state index < -0.39 is 12.0 Å². The van der Waals surface area contributed by atoms with Gasteiger partial charge in [-0.25, -0.2) is 0 Å². The van der Waals surface area contributed by atoms with Crippen LogP contribution in [0, 0.1) is 0 Å². The van der Waals surface area contributed by atoms with E-state index in [1.54, 1.807) is 11.8 Å². The minimum Gasteiger partial charge on any atom is -0.489 e. The Labute approximate surface area is 165 Å². The molecule has 0 saturated carbocycles. The molecule has 2 aromatic rings. The first kappa shape index (κ1) is 19.9. The molecule has 1 aliphatic heterocycles. The number of benzene rings is 2. The van der Waals surface area contributed by atoms with Gasteiger partial charge in [-0.05, 0) is 29.7 Å². The zero-order valence-corrected chi connectivity index (χ0v) is 16.1. The van der Waals surface area contributed by atoms with Crippen molar-refractivity contribution < 1.29 is 19.4 Å². The van der Waals surface area contributed by atoms with Crippen LogP contribution in [0.2, 0.25) is 0 Å². The van der Waals surface area contributed by atoms with Crippen LogP contribution in [-0.4, -0.2) is 53.0 Å². The third kappa shape index (κ3) is 5.10. The van der Waals surface area contributed by atoms with Crippen molar-refractivity contribution in [2.45, 2.75) is 26.0 Å². The number of hydrogen-bond acceptors (Lipinski definition) is 4. The van der Waals surface area contributed by atoms with Crippen LogP contribution >= 0.6 is 0 Å². The predicted molar refractivity (Wildman–Crippen MR) is 106 cm³/mol. The molecule has 3 rings (SSSR count). The SMILES string of the molecule is CC(=O)N1CCCN([C@H](C(=O)O)c2ccc(OCc3ccccc3)cc2)CC1. The molecule has 2 aromatic carbocycles. The second kappa shape index (κ2) is 9.37. The van der Waals surface area contributed by atoms with Crippen molar-refractivity contribution in [3.8, 4) is 5.75 Å². The van der Waals surface area contributed by atoms with Gasteiger partial charge in [-0.15, -0.1) is 0 Å². The second-order valence-corrected chi connectivity index (χ2v) is 6.98. The lowest BCUT2D eigenvalue weighted by Gasteiger charge is -2.28. The van der Waals surface area contributed by atoms with Crippen LogP contribution in [0.5, 0.6) is 5.75 Å². The van der Waals surface area contributed by atoms with Gasteiger partial charge in [0, 0.05) is 33.1 Å². The predicted octanol–water partition coefficient (Wildman–Crippen LogP) is 2.95. The summed E-state index contributed by atoms with van der Waals surface area (Å²) in [7, 11) is 0. The highest BCUT2D eigenvalue weighted by atomic mass is 16.5. The van der Waals surface area contributed by atoms with Crippen LogP contribution in [0.4, 0.5) is 0 Å². The van der Waals surface area contributed by atoms with Crippen LogP contribution in [-0.2, 0) is 16.2 Å². The van der Waals surface area contributed by atoms with Gasteiger partial charge in [-0.2, -0.15) is 0 Å². The first-order valence-electron chi connectivity index (χ1n) is 9.53. The van der Waals surface area contributed by atoms with Gasteiger partial charge in [0.15, 0.2) is 0 Å². The fraction of sp³-hybridized carbons (Fsp3) is 0.364. The van der Waals surface area contributed by atoms with E-state index in [1.165, 1.54) is 0 Å². The Bertz CT molecular complexity index is 792. The van der Waals surface area contributed by atoms with E-state index in [4.69, 9.17) is 4.74 Å². The Morgan fingerprint density at radius 3 is 2.36 bits per heavy atom. The van der Waals surface area contributed by atoms with E-state index in [9.17, 15) is 14.7 Å². The summed E-state index contributed by atoms with van der Waals surface area (Å²) < 4.78 is 5.79. The molecule has 1 fully saturated rings. The quantitative estimate of drug-likeness (QED) is 0.832. The molecule has 148 valence electrons. The average molecular weight is 382 g/mol. The summed E-state index contributed by atoms with van der Waals surface area (Å²) in [6, 6.07) is 16.4. The molecule has 1 amide bonds. The topological polar surface area (TPSA) is 70.1 Å². The largest absolute Gasteiger partial charge is 0.489 e. The third-order valence-corrected chi connectivity index (χ3v) is 5.02. The molecule has 0 bridgehead atoms. The fourth-order valence-electron chi connectivity index (χ4n) is 3.51. The first-order valence-corrected chi connectivity index (χ1v) is 9.53. The number of nitrogens with zero attached hydrogens (tertiary/aromatic N) is 2. The number of amides is 1. The van der Waals surface area contributed by atoms with Gasteiger partial charge < -0.3 is 14.7 Å². The minimum atomic E-state index is -0.880. The van der Waals surface area contributed by atoms with Crippen molar-refractivity contribution in [2.75, 3.05) is 26.2 Å². The summed E-state index contributed by atoms with van der Waals surface area (Å²) in [6.07, 6.45) is 0.766. The van der Waals surface area contributed by atoms with Crippen molar-refractivity contribution in [1.29, 1.82) is 0 Å². The van der Waals surface area contributed by atoms with Gasteiger partial charge in [0.2, 0.25) is 5.91 Å². The lowest BCUT2D eigenvalue weighted by atomic mass is 10.0. The smallest absolute Gasteiger partial charge is 0.325 e. The molecule has 6 heteroatoms. The second-order valence-electron chi connectivity index (χ2n) is 6.98. The summed E-state index contributed by atoms with van der Waals surface area (Å²) in [5.74, 6) is -0.141. The number of rotatable bonds is 6. The zero-order chi connectivity index (χ0) is 19.9. The van der Waals surface area contributed by atoms with Crippen molar-refractivity contribution in [3.63, 3.8) is 0 Å². The van der Waals surface area contributed by atoms with Crippen LogP contribution in [0.25, 0.3) is 0 Å². The summed E-state index contributed by atoms with van der Waals surface area (Å²) in [4.78, 5) is 27.3. The first-order chi connectivity index (χ1) is 13.5. The summed E-state index contributed by atoms with van der Waals surface area (Å²) >= 11 is 0. The number of ether oxygens (including phenoxy) is 1. The molecule has 0 unspecified atom stereocenters.